The van der Waals surface area contributed by atoms with Gasteiger partial charge in [0.05, 0.1) is 5.56 Å². The number of halogens is 3. The highest BCUT2D eigenvalue weighted by Crippen LogP contribution is 2.29. The molecule has 0 aliphatic heterocycles. The van der Waals surface area contributed by atoms with Crippen LogP contribution in [0.4, 0.5) is 24.5 Å². The van der Waals surface area contributed by atoms with Crippen LogP contribution in [-0.4, -0.2) is 17.9 Å². The summed E-state index contributed by atoms with van der Waals surface area (Å²) in [6.07, 6.45) is 1.86. The van der Waals surface area contributed by atoms with Gasteiger partial charge in [-0.3, -0.25) is 9.78 Å². The predicted molar refractivity (Wildman–Crippen MR) is 111 cm³/mol. The maximum absolute atomic E-state index is 12.6. The zero-order valence-corrected chi connectivity index (χ0v) is 16.2. The molecule has 0 fully saturated rings. The lowest BCUT2D eigenvalue weighted by molar-refractivity contribution is -0.137. The number of pyridine rings is 1. The Balaban J connectivity index is 1.52. The molecular weight excluding hydrogens is 391 g/mol. The van der Waals surface area contributed by atoms with Crippen molar-refractivity contribution in [1.29, 1.82) is 0 Å². The first kappa shape index (κ1) is 21.1. The number of nitrogens with zero attached hydrogens (tertiary/aromatic N) is 2. The molecule has 0 spiro atoms. The van der Waals surface area contributed by atoms with Crippen molar-refractivity contribution in [3.63, 3.8) is 0 Å². The van der Waals surface area contributed by atoms with Crippen LogP contribution in [0.2, 0.25) is 0 Å². The fraction of sp³-hybridized carbons (Fsp3) is 0.130. The van der Waals surface area contributed by atoms with E-state index < -0.39 is 11.7 Å². The second-order valence-electron chi connectivity index (χ2n) is 6.60. The SMILES string of the molecule is CN(c1ccncc1)c1ccc(CNC(=O)C=Cc2ccc(C(F)(F)F)cc2)cc1. The van der Waals surface area contributed by atoms with Gasteiger partial charge in [-0.25, -0.2) is 0 Å². The van der Waals surface area contributed by atoms with Crippen LogP contribution in [0.3, 0.4) is 0 Å². The number of aromatic nitrogens is 1. The summed E-state index contributed by atoms with van der Waals surface area (Å²) in [7, 11) is 1.96. The molecule has 3 aromatic rings. The van der Waals surface area contributed by atoms with Crippen LogP contribution in [-0.2, 0) is 17.5 Å². The highest BCUT2D eigenvalue weighted by molar-refractivity contribution is 5.91. The zero-order valence-electron chi connectivity index (χ0n) is 16.2. The Labute approximate surface area is 172 Å². The predicted octanol–water partition coefficient (Wildman–Crippen LogP) is 5.20. The van der Waals surface area contributed by atoms with Crippen molar-refractivity contribution in [2.45, 2.75) is 12.7 Å². The highest BCUT2D eigenvalue weighted by atomic mass is 19.4. The third kappa shape index (κ3) is 5.70. The van der Waals surface area contributed by atoms with Crippen molar-refractivity contribution in [2.24, 2.45) is 0 Å². The Bertz CT molecular complexity index is 999. The van der Waals surface area contributed by atoms with Gasteiger partial charge in [0, 0.05) is 43.4 Å². The smallest absolute Gasteiger partial charge is 0.348 e. The maximum atomic E-state index is 12.6. The first-order chi connectivity index (χ1) is 14.3. The van der Waals surface area contributed by atoms with Gasteiger partial charge in [-0.2, -0.15) is 13.2 Å². The Morgan fingerprint density at radius 3 is 2.17 bits per heavy atom. The summed E-state index contributed by atoms with van der Waals surface area (Å²) in [5, 5.41) is 2.76. The molecule has 0 aliphatic rings. The Morgan fingerprint density at radius 2 is 1.57 bits per heavy atom. The lowest BCUT2D eigenvalue weighted by Gasteiger charge is -2.19. The summed E-state index contributed by atoms with van der Waals surface area (Å²) in [6, 6.07) is 16.2. The van der Waals surface area contributed by atoms with E-state index in [-0.39, 0.29) is 5.91 Å². The molecule has 1 heterocycles. The maximum Gasteiger partial charge on any atom is 0.416 e. The minimum absolute atomic E-state index is 0.326. The lowest BCUT2D eigenvalue weighted by atomic mass is 10.1. The van der Waals surface area contributed by atoms with Gasteiger partial charge in [-0.15, -0.1) is 0 Å². The summed E-state index contributed by atoms with van der Waals surface area (Å²) >= 11 is 0. The molecule has 1 amide bonds. The molecule has 154 valence electrons. The van der Waals surface area contributed by atoms with Crippen molar-refractivity contribution in [3.05, 3.63) is 95.8 Å². The average Bonchev–Trinajstić information content (AvgIpc) is 2.76. The van der Waals surface area contributed by atoms with Crippen LogP contribution in [0.1, 0.15) is 16.7 Å². The average molecular weight is 411 g/mol. The summed E-state index contributed by atoms with van der Waals surface area (Å²) in [6.45, 7) is 0.343. The number of rotatable bonds is 6. The van der Waals surface area contributed by atoms with E-state index in [1.165, 1.54) is 24.3 Å². The molecule has 7 heteroatoms. The van der Waals surface area contributed by atoms with Gasteiger partial charge in [-0.05, 0) is 53.6 Å². The Morgan fingerprint density at radius 1 is 0.967 bits per heavy atom. The molecule has 0 unspecified atom stereocenters. The molecule has 0 radical (unpaired) electrons. The quantitative estimate of drug-likeness (QED) is 0.567. The number of amides is 1. The molecule has 30 heavy (non-hydrogen) atoms. The molecule has 0 atom stereocenters. The van der Waals surface area contributed by atoms with Crippen molar-refractivity contribution >= 4 is 23.4 Å². The van der Waals surface area contributed by atoms with Crippen molar-refractivity contribution in [2.75, 3.05) is 11.9 Å². The van der Waals surface area contributed by atoms with Gasteiger partial charge < -0.3 is 10.2 Å². The molecule has 1 N–H and O–H groups in total. The second-order valence-corrected chi connectivity index (χ2v) is 6.60. The lowest BCUT2D eigenvalue weighted by Crippen LogP contribution is -2.20. The van der Waals surface area contributed by atoms with Gasteiger partial charge in [0.25, 0.3) is 0 Å². The van der Waals surface area contributed by atoms with Crippen LogP contribution < -0.4 is 10.2 Å². The van der Waals surface area contributed by atoms with E-state index >= 15 is 0 Å². The minimum Gasteiger partial charge on any atom is -0.348 e. The minimum atomic E-state index is -4.37. The number of benzene rings is 2. The molecule has 0 aliphatic carbocycles. The monoisotopic (exact) mass is 411 g/mol. The number of hydrogen-bond donors (Lipinski definition) is 1. The molecule has 0 saturated heterocycles. The van der Waals surface area contributed by atoms with Gasteiger partial charge in [0.15, 0.2) is 0 Å². The number of anilines is 2. The third-order valence-electron chi connectivity index (χ3n) is 4.51. The number of carbonyl (C=O) groups excluding carboxylic acids is 1. The van der Waals surface area contributed by atoms with Crippen LogP contribution in [0.5, 0.6) is 0 Å². The summed E-state index contributed by atoms with van der Waals surface area (Å²) < 4.78 is 37.7. The van der Waals surface area contributed by atoms with E-state index in [0.29, 0.717) is 12.1 Å². The second kappa shape index (κ2) is 9.26. The van der Waals surface area contributed by atoms with E-state index in [0.717, 1.165) is 29.1 Å². The van der Waals surface area contributed by atoms with Crippen LogP contribution >= 0.6 is 0 Å². The first-order valence-electron chi connectivity index (χ1n) is 9.19. The largest absolute Gasteiger partial charge is 0.416 e. The molecule has 0 saturated carbocycles. The molecule has 1 aromatic heterocycles. The third-order valence-corrected chi connectivity index (χ3v) is 4.51. The number of nitrogens with one attached hydrogen (secondary N) is 1. The zero-order chi connectivity index (χ0) is 21.6. The summed E-state index contributed by atoms with van der Waals surface area (Å²) in [5.74, 6) is -0.326. The molecule has 3 rings (SSSR count). The van der Waals surface area contributed by atoms with Crippen LogP contribution in [0, 0.1) is 0 Å². The van der Waals surface area contributed by atoms with Crippen molar-refractivity contribution in [1.82, 2.24) is 10.3 Å². The normalized spacial score (nSPS) is 11.5. The summed E-state index contributed by atoms with van der Waals surface area (Å²) in [5.41, 5.74) is 2.74. The Hall–Kier alpha value is -3.61. The first-order valence-corrected chi connectivity index (χ1v) is 9.19. The fourth-order valence-electron chi connectivity index (χ4n) is 2.76. The highest BCUT2D eigenvalue weighted by Gasteiger charge is 2.29. The van der Waals surface area contributed by atoms with Crippen LogP contribution in [0.25, 0.3) is 6.08 Å². The molecule has 2 aromatic carbocycles. The number of alkyl halides is 3. The van der Waals surface area contributed by atoms with Gasteiger partial charge in [-0.1, -0.05) is 24.3 Å². The Kier molecular flexibility index (Phi) is 6.51. The van der Waals surface area contributed by atoms with Gasteiger partial charge in [0.1, 0.15) is 0 Å². The van der Waals surface area contributed by atoms with Gasteiger partial charge in [0.2, 0.25) is 5.91 Å². The fourth-order valence-corrected chi connectivity index (χ4v) is 2.76. The van der Waals surface area contributed by atoms with E-state index in [1.807, 2.05) is 48.3 Å². The van der Waals surface area contributed by atoms with Crippen LogP contribution in [0.15, 0.2) is 79.1 Å². The van der Waals surface area contributed by atoms with E-state index in [2.05, 4.69) is 10.3 Å². The molecular formula is C23H20F3N3O. The number of hydrogen-bond acceptors (Lipinski definition) is 3. The standard InChI is InChI=1S/C23H20F3N3O/c1-29(21-12-14-27-15-13-21)20-9-4-18(5-10-20)16-28-22(30)11-6-17-2-7-19(8-3-17)23(24,25)26/h2-15H,16H2,1H3,(H,28,30). The van der Waals surface area contributed by atoms with E-state index in [1.54, 1.807) is 12.4 Å². The van der Waals surface area contributed by atoms with Crippen molar-refractivity contribution < 1.29 is 18.0 Å². The summed E-state index contributed by atoms with van der Waals surface area (Å²) in [4.78, 5) is 18.0. The molecule has 0 bridgehead atoms. The van der Waals surface area contributed by atoms with E-state index in [9.17, 15) is 18.0 Å². The van der Waals surface area contributed by atoms with Gasteiger partial charge >= 0.3 is 6.18 Å². The topological polar surface area (TPSA) is 45.2 Å². The number of carbonyl (C=O) groups is 1. The van der Waals surface area contributed by atoms with E-state index in [4.69, 9.17) is 0 Å². The van der Waals surface area contributed by atoms with Crippen molar-refractivity contribution in [3.8, 4) is 0 Å². The molecule has 4 nitrogen and oxygen atoms in total.